The molecule has 98 valence electrons. The number of ether oxygens (including phenoxy) is 1. The molecule has 1 atom stereocenters. The van der Waals surface area contributed by atoms with Crippen LogP contribution in [0.2, 0.25) is 0 Å². The number of ketones is 1. The van der Waals surface area contributed by atoms with E-state index in [4.69, 9.17) is 4.74 Å². The summed E-state index contributed by atoms with van der Waals surface area (Å²) in [5, 5.41) is 3.19. The summed E-state index contributed by atoms with van der Waals surface area (Å²) >= 11 is 0. The monoisotopic (exact) mass is 255 g/mol. The summed E-state index contributed by atoms with van der Waals surface area (Å²) in [4.78, 5) is 12.2. The molecule has 19 heavy (non-hydrogen) atoms. The second-order valence-electron chi connectivity index (χ2n) is 4.32. The lowest BCUT2D eigenvalue weighted by Gasteiger charge is -2.14. The van der Waals surface area contributed by atoms with Gasteiger partial charge in [-0.25, -0.2) is 0 Å². The third-order valence-electron chi connectivity index (χ3n) is 2.92. The van der Waals surface area contributed by atoms with Crippen LogP contribution in [0.5, 0.6) is 5.75 Å². The molecule has 1 N–H and O–H groups in total. The maximum Gasteiger partial charge on any atom is 0.184 e. The Morgan fingerprint density at radius 1 is 1.05 bits per heavy atom. The number of hydrogen-bond donors (Lipinski definition) is 1. The number of hydrogen-bond acceptors (Lipinski definition) is 3. The second-order valence-corrected chi connectivity index (χ2v) is 4.32. The molecule has 0 spiro atoms. The van der Waals surface area contributed by atoms with E-state index in [-0.39, 0.29) is 11.8 Å². The summed E-state index contributed by atoms with van der Waals surface area (Å²) in [7, 11) is 1.63. The first-order valence-electron chi connectivity index (χ1n) is 6.20. The molecule has 2 aromatic rings. The van der Waals surface area contributed by atoms with Crippen molar-refractivity contribution >= 4 is 11.5 Å². The number of carbonyl (C=O) groups excluding carboxylic acids is 1. The van der Waals surface area contributed by atoms with Gasteiger partial charge in [0, 0.05) is 11.3 Å². The molecule has 0 saturated heterocycles. The van der Waals surface area contributed by atoms with Gasteiger partial charge >= 0.3 is 0 Å². The summed E-state index contributed by atoms with van der Waals surface area (Å²) in [5.41, 5.74) is 1.62. The van der Waals surface area contributed by atoms with Crippen molar-refractivity contribution in [1.29, 1.82) is 0 Å². The molecule has 0 aliphatic heterocycles. The van der Waals surface area contributed by atoms with Gasteiger partial charge in [0.1, 0.15) is 5.75 Å². The van der Waals surface area contributed by atoms with Gasteiger partial charge in [-0.15, -0.1) is 0 Å². The molecule has 2 rings (SSSR count). The molecule has 0 unspecified atom stereocenters. The Hall–Kier alpha value is -2.29. The smallest absolute Gasteiger partial charge is 0.184 e. The maximum absolute atomic E-state index is 12.2. The highest BCUT2D eigenvalue weighted by atomic mass is 16.5. The van der Waals surface area contributed by atoms with E-state index in [1.807, 2.05) is 61.5 Å². The van der Waals surface area contributed by atoms with E-state index in [1.54, 1.807) is 7.11 Å². The van der Waals surface area contributed by atoms with Crippen LogP contribution in [0, 0.1) is 0 Å². The van der Waals surface area contributed by atoms with E-state index in [9.17, 15) is 4.79 Å². The lowest BCUT2D eigenvalue weighted by atomic mass is 10.1. The van der Waals surface area contributed by atoms with Gasteiger partial charge in [0.15, 0.2) is 5.78 Å². The Labute approximate surface area is 113 Å². The molecule has 3 heteroatoms. The Morgan fingerprint density at radius 2 is 1.68 bits per heavy atom. The lowest BCUT2D eigenvalue weighted by Crippen LogP contribution is -2.26. The molecule has 0 heterocycles. The fourth-order valence-electron chi connectivity index (χ4n) is 1.86. The summed E-state index contributed by atoms with van der Waals surface area (Å²) in [6.45, 7) is 1.86. The SMILES string of the molecule is COc1ccc(N[C@@H](C)C(=O)c2ccccc2)cc1. The van der Waals surface area contributed by atoms with E-state index in [0.717, 1.165) is 17.0 Å². The Morgan fingerprint density at radius 3 is 2.26 bits per heavy atom. The Balaban J connectivity index is 2.04. The fourth-order valence-corrected chi connectivity index (χ4v) is 1.86. The van der Waals surface area contributed by atoms with Gasteiger partial charge in [0.05, 0.1) is 13.2 Å². The molecule has 0 fully saturated rings. The van der Waals surface area contributed by atoms with Crippen LogP contribution in [0.15, 0.2) is 54.6 Å². The van der Waals surface area contributed by atoms with Crippen LogP contribution in [-0.4, -0.2) is 18.9 Å². The summed E-state index contributed by atoms with van der Waals surface area (Å²) < 4.78 is 5.10. The molecule has 2 aromatic carbocycles. The predicted molar refractivity (Wildman–Crippen MR) is 76.9 cm³/mol. The minimum absolute atomic E-state index is 0.0800. The summed E-state index contributed by atoms with van der Waals surface area (Å²) in [5.74, 6) is 0.879. The number of benzene rings is 2. The zero-order valence-electron chi connectivity index (χ0n) is 11.1. The van der Waals surface area contributed by atoms with Gasteiger partial charge in [-0.2, -0.15) is 0 Å². The molecule has 0 radical (unpaired) electrons. The van der Waals surface area contributed by atoms with Crippen molar-refractivity contribution in [2.45, 2.75) is 13.0 Å². The number of rotatable bonds is 5. The molecule has 0 amide bonds. The first kappa shape index (κ1) is 13.1. The van der Waals surface area contributed by atoms with E-state index >= 15 is 0 Å². The van der Waals surface area contributed by atoms with Gasteiger partial charge in [0.2, 0.25) is 0 Å². The molecular formula is C16H17NO2. The zero-order valence-corrected chi connectivity index (χ0v) is 11.1. The first-order valence-corrected chi connectivity index (χ1v) is 6.20. The largest absolute Gasteiger partial charge is 0.497 e. The Bertz CT molecular complexity index is 534. The predicted octanol–water partition coefficient (Wildman–Crippen LogP) is 3.38. The molecule has 0 aromatic heterocycles. The van der Waals surface area contributed by atoms with E-state index < -0.39 is 0 Å². The zero-order chi connectivity index (χ0) is 13.7. The minimum Gasteiger partial charge on any atom is -0.497 e. The molecular weight excluding hydrogens is 238 g/mol. The van der Waals surface area contributed by atoms with Crippen molar-refractivity contribution in [2.75, 3.05) is 12.4 Å². The van der Waals surface area contributed by atoms with Crippen molar-refractivity contribution in [2.24, 2.45) is 0 Å². The lowest BCUT2D eigenvalue weighted by molar-refractivity contribution is 0.0975. The maximum atomic E-state index is 12.2. The summed E-state index contributed by atoms with van der Waals surface area (Å²) in [6.07, 6.45) is 0. The van der Waals surface area contributed by atoms with Crippen LogP contribution in [-0.2, 0) is 0 Å². The topological polar surface area (TPSA) is 38.3 Å². The molecule has 0 aliphatic rings. The van der Waals surface area contributed by atoms with Crippen LogP contribution < -0.4 is 10.1 Å². The van der Waals surface area contributed by atoms with Crippen LogP contribution in [0.25, 0.3) is 0 Å². The number of carbonyl (C=O) groups is 1. The minimum atomic E-state index is -0.268. The van der Waals surface area contributed by atoms with Gasteiger partial charge in [-0.1, -0.05) is 30.3 Å². The van der Waals surface area contributed by atoms with Crippen molar-refractivity contribution < 1.29 is 9.53 Å². The highest BCUT2D eigenvalue weighted by Gasteiger charge is 2.14. The number of methoxy groups -OCH3 is 1. The third-order valence-corrected chi connectivity index (χ3v) is 2.92. The van der Waals surface area contributed by atoms with E-state index in [0.29, 0.717) is 0 Å². The van der Waals surface area contributed by atoms with E-state index in [1.165, 1.54) is 0 Å². The summed E-state index contributed by atoms with van der Waals surface area (Å²) in [6, 6.07) is 16.5. The highest BCUT2D eigenvalue weighted by Crippen LogP contribution is 2.16. The molecule has 0 aliphatic carbocycles. The van der Waals surface area contributed by atoms with Crippen molar-refractivity contribution in [3.63, 3.8) is 0 Å². The normalized spacial score (nSPS) is 11.7. The highest BCUT2D eigenvalue weighted by molar-refractivity contribution is 6.01. The van der Waals surface area contributed by atoms with Crippen LogP contribution in [0.1, 0.15) is 17.3 Å². The first-order chi connectivity index (χ1) is 9.20. The van der Waals surface area contributed by atoms with Crippen LogP contribution in [0.4, 0.5) is 5.69 Å². The standard InChI is InChI=1S/C16H17NO2/c1-12(16(18)13-6-4-3-5-7-13)17-14-8-10-15(19-2)11-9-14/h3-12,17H,1-2H3/t12-/m0/s1. The number of Topliss-reactive ketones (excluding diaryl/α,β-unsaturated/α-hetero) is 1. The van der Waals surface area contributed by atoms with E-state index in [2.05, 4.69) is 5.32 Å². The number of nitrogens with one attached hydrogen (secondary N) is 1. The molecule has 0 saturated carbocycles. The van der Waals surface area contributed by atoms with Crippen LogP contribution >= 0.6 is 0 Å². The quantitative estimate of drug-likeness (QED) is 0.832. The van der Waals surface area contributed by atoms with Gasteiger partial charge < -0.3 is 10.1 Å². The van der Waals surface area contributed by atoms with Crippen LogP contribution in [0.3, 0.4) is 0 Å². The molecule has 3 nitrogen and oxygen atoms in total. The van der Waals surface area contributed by atoms with Gasteiger partial charge in [0.25, 0.3) is 0 Å². The van der Waals surface area contributed by atoms with Crippen molar-refractivity contribution in [1.82, 2.24) is 0 Å². The van der Waals surface area contributed by atoms with Crippen molar-refractivity contribution in [3.8, 4) is 5.75 Å². The average molecular weight is 255 g/mol. The second kappa shape index (κ2) is 6.05. The molecule has 0 bridgehead atoms. The fraction of sp³-hybridized carbons (Fsp3) is 0.188. The van der Waals surface area contributed by atoms with Crippen molar-refractivity contribution in [3.05, 3.63) is 60.2 Å². The number of anilines is 1. The Kier molecular flexibility index (Phi) is 4.18. The van der Waals surface area contributed by atoms with Gasteiger partial charge in [-0.05, 0) is 31.2 Å². The average Bonchev–Trinajstić information content (AvgIpc) is 2.48. The van der Waals surface area contributed by atoms with Gasteiger partial charge in [-0.3, -0.25) is 4.79 Å². The third kappa shape index (κ3) is 3.35.